The van der Waals surface area contributed by atoms with Crippen molar-refractivity contribution in [2.75, 3.05) is 0 Å². The van der Waals surface area contributed by atoms with Gasteiger partial charge in [-0.2, -0.15) is 10.2 Å². The van der Waals surface area contributed by atoms with Gasteiger partial charge in [-0.1, -0.05) is 0 Å². The third-order valence-electron chi connectivity index (χ3n) is 1.73. The maximum absolute atomic E-state index is 9.71. The van der Waals surface area contributed by atoms with Gasteiger partial charge in [-0.3, -0.25) is 9.78 Å². The van der Waals surface area contributed by atoms with E-state index in [9.17, 15) is 5.11 Å². The summed E-state index contributed by atoms with van der Waals surface area (Å²) in [7, 11) is 1.79. The lowest BCUT2D eigenvalue weighted by atomic mass is 10.2. The molecule has 6 heteroatoms. The molecular formula is C7H9N5O. The molecule has 0 amide bonds. The molecule has 0 aliphatic carbocycles. The van der Waals surface area contributed by atoms with E-state index in [1.54, 1.807) is 24.1 Å². The molecule has 1 unspecified atom stereocenters. The smallest absolute Gasteiger partial charge is 0.157 e. The van der Waals surface area contributed by atoms with Gasteiger partial charge in [0.1, 0.15) is 12.4 Å². The molecule has 2 heterocycles. The molecule has 1 atom stereocenters. The van der Waals surface area contributed by atoms with E-state index in [0.29, 0.717) is 11.4 Å². The van der Waals surface area contributed by atoms with E-state index in [0.717, 1.165) is 0 Å². The van der Waals surface area contributed by atoms with Gasteiger partial charge in [0.05, 0.1) is 6.20 Å². The van der Waals surface area contributed by atoms with Crippen LogP contribution in [0.3, 0.4) is 0 Å². The summed E-state index contributed by atoms with van der Waals surface area (Å²) in [6.07, 6.45) is 3.89. The number of nitrogens with zero attached hydrogens (tertiary/aromatic N) is 4. The lowest BCUT2D eigenvalue weighted by Crippen LogP contribution is -2.00. The zero-order chi connectivity index (χ0) is 9.26. The summed E-state index contributed by atoms with van der Waals surface area (Å²) in [5.74, 6) is 0.424. The molecule has 2 aromatic rings. The molecule has 0 saturated carbocycles. The number of hydrogen-bond donors (Lipinski definition) is 2. The van der Waals surface area contributed by atoms with E-state index in [1.807, 2.05) is 0 Å². The first kappa shape index (κ1) is 7.93. The fourth-order valence-electron chi connectivity index (χ4n) is 1.09. The number of hydrogen-bond acceptors (Lipinski definition) is 4. The molecule has 0 spiro atoms. The Bertz CT molecular complexity index is 379. The second-order valence-corrected chi connectivity index (χ2v) is 2.72. The SMILES string of the molecule is Cn1cc(C(O)c2ncn[nH]2)cn1. The molecule has 2 rings (SSSR count). The Labute approximate surface area is 74.2 Å². The molecule has 0 bridgehead atoms. The van der Waals surface area contributed by atoms with Crippen LogP contribution in [0.15, 0.2) is 18.7 Å². The molecule has 0 radical (unpaired) electrons. The first-order valence-electron chi connectivity index (χ1n) is 3.79. The van der Waals surface area contributed by atoms with E-state index >= 15 is 0 Å². The van der Waals surface area contributed by atoms with Crippen molar-refractivity contribution in [1.82, 2.24) is 25.0 Å². The minimum Gasteiger partial charge on any atom is -0.380 e. The first-order valence-corrected chi connectivity index (χ1v) is 3.79. The van der Waals surface area contributed by atoms with E-state index in [4.69, 9.17) is 0 Å². The van der Waals surface area contributed by atoms with Crippen molar-refractivity contribution < 1.29 is 5.11 Å². The maximum Gasteiger partial charge on any atom is 0.157 e. The van der Waals surface area contributed by atoms with E-state index < -0.39 is 6.10 Å². The van der Waals surface area contributed by atoms with Crippen LogP contribution in [0.4, 0.5) is 0 Å². The molecule has 2 N–H and O–H groups in total. The zero-order valence-electron chi connectivity index (χ0n) is 7.05. The quantitative estimate of drug-likeness (QED) is 0.658. The Morgan fingerprint density at radius 3 is 3.00 bits per heavy atom. The summed E-state index contributed by atoms with van der Waals surface area (Å²) in [6, 6.07) is 0. The summed E-state index contributed by atoms with van der Waals surface area (Å²) < 4.78 is 1.62. The average Bonchev–Trinajstić information content (AvgIpc) is 2.72. The van der Waals surface area contributed by atoms with Crippen molar-refractivity contribution >= 4 is 0 Å². The van der Waals surface area contributed by atoms with Crippen molar-refractivity contribution in [3.63, 3.8) is 0 Å². The summed E-state index contributed by atoms with van der Waals surface area (Å²) >= 11 is 0. The predicted octanol–water partition coefficient (Wildman–Crippen LogP) is -0.380. The minimum absolute atomic E-state index is 0.424. The highest BCUT2D eigenvalue weighted by molar-refractivity contribution is 5.15. The van der Waals surface area contributed by atoms with Crippen molar-refractivity contribution in [2.24, 2.45) is 7.05 Å². The maximum atomic E-state index is 9.71. The van der Waals surface area contributed by atoms with E-state index in [1.165, 1.54) is 6.33 Å². The van der Waals surface area contributed by atoms with Crippen LogP contribution >= 0.6 is 0 Å². The second kappa shape index (κ2) is 2.98. The second-order valence-electron chi connectivity index (χ2n) is 2.72. The molecule has 0 aliphatic heterocycles. The largest absolute Gasteiger partial charge is 0.380 e. The fraction of sp³-hybridized carbons (Fsp3) is 0.286. The summed E-state index contributed by atoms with van der Waals surface area (Å²) in [6.45, 7) is 0. The highest BCUT2D eigenvalue weighted by Gasteiger charge is 2.14. The van der Waals surface area contributed by atoms with Gasteiger partial charge in [0.25, 0.3) is 0 Å². The van der Waals surface area contributed by atoms with Crippen LogP contribution in [0.25, 0.3) is 0 Å². The van der Waals surface area contributed by atoms with Crippen molar-refractivity contribution in [3.8, 4) is 0 Å². The van der Waals surface area contributed by atoms with Crippen molar-refractivity contribution in [1.29, 1.82) is 0 Å². The third-order valence-corrected chi connectivity index (χ3v) is 1.73. The van der Waals surface area contributed by atoms with Gasteiger partial charge in [-0.15, -0.1) is 0 Å². The number of aliphatic hydroxyl groups excluding tert-OH is 1. The Morgan fingerprint density at radius 1 is 1.62 bits per heavy atom. The number of nitrogens with one attached hydrogen (secondary N) is 1. The van der Waals surface area contributed by atoms with Crippen molar-refractivity contribution in [2.45, 2.75) is 6.10 Å². The standard InChI is InChI=1S/C7H9N5O/c1-12-3-5(2-10-12)6(13)7-8-4-9-11-7/h2-4,6,13H,1H3,(H,8,9,11). The summed E-state index contributed by atoms with van der Waals surface area (Å²) in [5, 5.41) is 19.9. The van der Waals surface area contributed by atoms with Crippen LogP contribution in [-0.2, 0) is 7.05 Å². The minimum atomic E-state index is -0.781. The molecule has 0 fully saturated rings. The average molecular weight is 179 g/mol. The Balaban J connectivity index is 2.28. The molecule has 0 aromatic carbocycles. The molecule has 6 nitrogen and oxygen atoms in total. The number of aromatic amines is 1. The fourth-order valence-corrected chi connectivity index (χ4v) is 1.09. The van der Waals surface area contributed by atoms with E-state index in [-0.39, 0.29) is 0 Å². The van der Waals surface area contributed by atoms with Crippen LogP contribution in [-0.4, -0.2) is 30.1 Å². The number of H-pyrrole nitrogens is 1. The normalized spacial score (nSPS) is 13.1. The van der Waals surface area contributed by atoms with Gasteiger partial charge in [0.15, 0.2) is 5.82 Å². The first-order chi connectivity index (χ1) is 6.27. The van der Waals surface area contributed by atoms with Crippen LogP contribution in [0.5, 0.6) is 0 Å². The molecule has 68 valence electrons. The van der Waals surface area contributed by atoms with E-state index in [2.05, 4.69) is 20.3 Å². The Hall–Kier alpha value is -1.69. The van der Waals surface area contributed by atoms with Gasteiger partial charge < -0.3 is 5.11 Å². The lowest BCUT2D eigenvalue weighted by Gasteiger charge is -2.02. The number of rotatable bonds is 2. The molecule has 0 aliphatic rings. The van der Waals surface area contributed by atoms with Crippen LogP contribution in [0.2, 0.25) is 0 Å². The number of aryl methyl sites for hydroxylation is 1. The van der Waals surface area contributed by atoms with Gasteiger partial charge in [-0.25, -0.2) is 4.98 Å². The Morgan fingerprint density at radius 2 is 2.46 bits per heavy atom. The van der Waals surface area contributed by atoms with Crippen LogP contribution in [0, 0.1) is 0 Å². The molecule has 13 heavy (non-hydrogen) atoms. The molecular weight excluding hydrogens is 170 g/mol. The molecule has 2 aromatic heterocycles. The highest BCUT2D eigenvalue weighted by atomic mass is 16.3. The zero-order valence-corrected chi connectivity index (χ0v) is 7.05. The predicted molar refractivity (Wildman–Crippen MR) is 43.7 cm³/mol. The highest BCUT2D eigenvalue weighted by Crippen LogP contribution is 2.16. The summed E-state index contributed by atoms with van der Waals surface area (Å²) in [4.78, 5) is 3.85. The summed E-state index contributed by atoms with van der Waals surface area (Å²) in [5.41, 5.74) is 0.694. The van der Waals surface area contributed by atoms with Crippen LogP contribution in [0.1, 0.15) is 17.5 Å². The monoisotopic (exact) mass is 179 g/mol. The third kappa shape index (κ3) is 1.43. The van der Waals surface area contributed by atoms with Gasteiger partial charge >= 0.3 is 0 Å². The van der Waals surface area contributed by atoms with Crippen LogP contribution < -0.4 is 0 Å². The number of aliphatic hydroxyl groups is 1. The lowest BCUT2D eigenvalue weighted by molar-refractivity contribution is 0.210. The van der Waals surface area contributed by atoms with Gasteiger partial charge in [0.2, 0.25) is 0 Å². The Kier molecular flexibility index (Phi) is 1.82. The number of aromatic nitrogens is 5. The molecule has 0 saturated heterocycles. The van der Waals surface area contributed by atoms with Gasteiger partial charge in [0, 0.05) is 18.8 Å². The van der Waals surface area contributed by atoms with Gasteiger partial charge in [-0.05, 0) is 0 Å². The van der Waals surface area contributed by atoms with Crippen molar-refractivity contribution in [3.05, 3.63) is 30.1 Å². The topological polar surface area (TPSA) is 79.6 Å².